The van der Waals surface area contributed by atoms with E-state index in [-0.39, 0.29) is 88.6 Å². The molecule has 8 fully saturated rings. The third-order valence-electron chi connectivity index (χ3n) is 30.8. The molecule has 0 amide bonds. The van der Waals surface area contributed by atoms with Gasteiger partial charge in [0.2, 0.25) is 17.6 Å². The van der Waals surface area contributed by atoms with Crippen LogP contribution in [0.25, 0.3) is 40.9 Å². The van der Waals surface area contributed by atoms with E-state index in [1.807, 2.05) is 11.3 Å². The van der Waals surface area contributed by atoms with Crippen molar-refractivity contribution in [3.63, 3.8) is 0 Å². The van der Waals surface area contributed by atoms with E-state index in [2.05, 4.69) is 127 Å². The van der Waals surface area contributed by atoms with E-state index in [0.29, 0.717) is 59.4 Å². The van der Waals surface area contributed by atoms with Gasteiger partial charge in [-0.05, 0) is 256 Å². The van der Waals surface area contributed by atoms with Gasteiger partial charge in [0.25, 0.3) is 0 Å². The van der Waals surface area contributed by atoms with Crippen LogP contribution in [0.2, 0.25) is 41.4 Å². The van der Waals surface area contributed by atoms with Crippen LogP contribution < -0.4 is 31.2 Å². The van der Waals surface area contributed by atoms with Crippen molar-refractivity contribution in [3.8, 4) is 17.6 Å². The second-order valence-electron chi connectivity index (χ2n) is 40.5. The predicted octanol–water partition coefficient (Wildman–Crippen LogP) is 16.1. The van der Waals surface area contributed by atoms with Crippen LogP contribution in [0.1, 0.15) is 261 Å². The van der Waals surface area contributed by atoms with Gasteiger partial charge in [-0.3, -0.25) is 19.6 Å². The molecule has 8 aliphatic carbocycles. The largest absolute Gasteiger partial charge is 2.00 e. The van der Waals surface area contributed by atoms with Gasteiger partial charge in [-0.2, -0.15) is 0 Å². The Morgan fingerprint density at radius 3 is 1.00 bits per heavy atom. The van der Waals surface area contributed by atoms with Crippen molar-refractivity contribution in [2.75, 3.05) is 125 Å². The zero-order valence-corrected chi connectivity index (χ0v) is 88.5. The summed E-state index contributed by atoms with van der Waals surface area (Å²) in [6, 6.07) is 2.73. The number of aliphatic hydroxyl groups is 2. The number of hydrogen-bond acceptors (Lipinski definition) is 28. The van der Waals surface area contributed by atoms with Crippen molar-refractivity contribution in [2.24, 2.45) is 0 Å². The third-order valence-corrected chi connectivity index (χ3v) is 44.8. The molecular weight excluding hydrogens is 1850 g/mol. The number of morpholine rings is 4. The molecule has 0 unspecified atom stereocenters. The molecule has 4 atom stereocenters. The van der Waals surface area contributed by atoms with Gasteiger partial charge in [0.05, 0.1) is 80.5 Å². The van der Waals surface area contributed by atoms with E-state index in [9.17, 15) is 15.0 Å². The summed E-state index contributed by atoms with van der Waals surface area (Å²) in [7, 11) is -3.39. The minimum absolute atomic E-state index is 0. The average Bonchev–Trinajstić information content (AvgIpc) is 1.61. The number of aliphatic hydroxyl groups excluding tert-OH is 2. The Kier molecular flexibility index (Phi) is 38.5. The van der Waals surface area contributed by atoms with E-state index in [4.69, 9.17) is 53.6 Å². The van der Waals surface area contributed by atoms with E-state index in [0.717, 1.165) is 287 Å². The van der Waals surface area contributed by atoms with E-state index in [1.54, 1.807) is 59.3 Å². The topological polar surface area (TPSA) is 257 Å². The van der Waals surface area contributed by atoms with E-state index in [1.165, 1.54) is 111 Å². The van der Waals surface area contributed by atoms with Crippen molar-refractivity contribution in [1.29, 1.82) is 0 Å². The molecule has 0 bridgehead atoms. The molecule has 33 heteroatoms. The zero-order valence-electron chi connectivity index (χ0n) is 79.5. The number of thiophene rings is 4. The number of fused-ring (bicyclic) bond motifs is 12. The van der Waals surface area contributed by atoms with Crippen LogP contribution in [0.5, 0.6) is 17.6 Å². The summed E-state index contributed by atoms with van der Waals surface area (Å²) < 4.78 is 54.3. The Morgan fingerprint density at radius 2 is 0.692 bits per heavy atom. The molecule has 0 spiro atoms. The molecule has 0 radical (unpaired) electrons. The molecule has 0 aromatic carbocycles. The molecule has 4 saturated heterocycles. The number of carbonyl (C=O) groups is 1. The van der Waals surface area contributed by atoms with Crippen LogP contribution in [0.15, 0.2) is 25.3 Å². The van der Waals surface area contributed by atoms with Crippen LogP contribution >= 0.6 is 56.9 Å². The third kappa shape index (κ3) is 25.3. The van der Waals surface area contributed by atoms with Crippen molar-refractivity contribution < 1.29 is 74.0 Å². The quantitative estimate of drug-likeness (QED) is 0.0277. The molecule has 4 saturated carbocycles. The van der Waals surface area contributed by atoms with Crippen LogP contribution in [0, 0.1) is 7.43 Å². The van der Waals surface area contributed by atoms with E-state index < -0.39 is 16.6 Å². The van der Waals surface area contributed by atoms with Crippen LogP contribution in [-0.4, -0.2) is 289 Å². The summed E-state index contributed by atoms with van der Waals surface area (Å²) in [5, 5.41) is 24.4. The van der Waals surface area contributed by atoms with Crippen molar-refractivity contribution in [3.05, 3.63) is 79.7 Å². The fraction of sp³-hybridized carbons (Fsp3) is 0.732. The maximum Gasteiger partial charge on any atom is 2.00 e. The molecule has 4 aliphatic heterocycles. The number of rotatable bonds is 22. The van der Waals surface area contributed by atoms with Crippen molar-refractivity contribution in [2.45, 2.75) is 330 Å². The van der Waals surface area contributed by atoms with Crippen molar-refractivity contribution >= 4 is 144 Å². The van der Waals surface area contributed by atoms with Gasteiger partial charge < -0.3 is 81.4 Å². The average molecular weight is 2000 g/mol. The number of aromatic nitrogens is 8. The van der Waals surface area contributed by atoms with E-state index >= 15 is 0 Å². The van der Waals surface area contributed by atoms with Gasteiger partial charge in [-0.25, -0.2) is 39.9 Å². The molecular formula is C97H146BrClMgN12O12S4Si2. The standard InChI is InChI=1S/C27H43N3O3SSi.C21H29N3O3S.C21H27N3O3S.C17H25ClN2OSSi.C10H19NO2.CH3.BrH.Mg/c1-27(2,3)35(4,5)32-15-12-19-6-11-22-23(19)24-25(28-18-29-26(24)34-22)33-21-9-7-20(8-10-21)30-13-16-31-17-14-30;2*25-10-7-14-1-6-17-18(14)19-20(22-13-23-21(19)28-17)27-16-4-2-15(3-5-16)24-8-11-26-12-9-24;1-17(2,3)23(4,5)21-9-8-11-6-7-12-13(11)14-15(18)19-10-20-16(14)22-12;12-10-3-1-9(2-4-10)11-5-7-13-8-6-11;;;/h18-21H,6-17H2,1-5H3;13-16,25H,1-12H2;10,13-16H,1-9,11-12H2;10-11H,6-9H2,1-5H3;9-10,12H,1-8H2;1H3;1H;/q;;;;;-1;;+2/p-1/t19-,20?,21?;2*14-,15?,16?;11-;;;;/m1111..../s1. The maximum absolute atomic E-state index is 11.1. The monoisotopic (exact) mass is 1990 g/mol. The molecule has 20 rings (SSSR count). The van der Waals surface area contributed by atoms with Gasteiger partial charge in [0, 0.05) is 122 Å². The normalized spacial score (nSPS) is 26.4. The Morgan fingerprint density at radius 1 is 0.415 bits per heavy atom. The van der Waals surface area contributed by atoms with Crippen LogP contribution in [0.3, 0.4) is 0 Å². The Labute approximate surface area is 822 Å². The Bertz CT molecular complexity index is 4870. The minimum Gasteiger partial charge on any atom is -1.00 e. The van der Waals surface area contributed by atoms with Gasteiger partial charge in [0.15, 0.2) is 16.6 Å². The number of ether oxygens (including phenoxy) is 7. The second-order valence-corrected chi connectivity index (χ2v) is 54.8. The molecule has 8 aromatic heterocycles. The van der Waals surface area contributed by atoms with Gasteiger partial charge in [-0.15, -0.1) is 45.3 Å². The van der Waals surface area contributed by atoms with Gasteiger partial charge in [-0.1, -0.05) is 53.1 Å². The summed E-state index contributed by atoms with van der Waals surface area (Å²) in [6.07, 6.45) is 38.7. The second kappa shape index (κ2) is 48.1. The molecule has 12 heterocycles. The van der Waals surface area contributed by atoms with Gasteiger partial charge in [0.1, 0.15) is 74.4 Å². The molecule has 714 valence electrons. The molecule has 24 nitrogen and oxygen atoms in total. The first kappa shape index (κ1) is 104. The molecule has 130 heavy (non-hydrogen) atoms. The van der Waals surface area contributed by atoms with Crippen LogP contribution in [0.4, 0.5) is 0 Å². The van der Waals surface area contributed by atoms with Gasteiger partial charge >= 0.3 is 23.1 Å². The summed E-state index contributed by atoms with van der Waals surface area (Å²) in [6.45, 7) is 40.6. The number of aryl methyl sites for hydroxylation is 4. The minimum atomic E-state index is -1.72. The number of halogens is 2. The fourth-order valence-corrected chi connectivity index (χ4v) is 28.7. The number of carbonyl (C=O) groups excluding carboxylic acids is 1. The number of aldehydes is 1. The first-order chi connectivity index (χ1) is 61.5. The SMILES string of the molecule is CC(C)(C)[Si](C)(C)OCC[C@H]1CCc2sc3ncnc(Cl)c3c21.CC(C)(C)[Si](C)(C)OCC[C@H]1CCc2sc3ncnc(OC4CCC(N5CCOCC5)CC4)c3c21.O=CC[C@H]1CCc2sc3ncnc(OC4CCC(N5CCOCC5)CC4)c3c21.OC1CCC(N2CCOCC2)CC1.OCC[C@H]1CCc2sc3ncnc(OC4CCC(N5CCOCC5)CC4)c3c21.[Br-].[CH3-].[Mg+2]. The smallest absolute Gasteiger partial charge is 1.00 e. The van der Waals surface area contributed by atoms with Crippen LogP contribution in [-0.2, 0) is 58.3 Å². The Hall–Kier alpha value is -3.28. The summed E-state index contributed by atoms with van der Waals surface area (Å²) in [4.78, 5) is 67.2. The van der Waals surface area contributed by atoms with Crippen molar-refractivity contribution in [1.82, 2.24) is 59.5 Å². The number of nitrogens with zero attached hydrogens (tertiary/aromatic N) is 12. The predicted molar refractivity (Wildman–Crippen MR) is 527 cm³/mol. The summed E-state index contributed by atoms with van der Waals surface area (Å²) in [5.74, 6) is 4.09. The molecule has 2 N–H and O–H groups in total. The first-order valence-electron chi connectivity index (χ1n) is 48.4. The summed E-state index contributed by atoms with van der Waals surface area (Å²) in [5.41, 5.74) is 5.49. The number of hydrogen-bond donors (Lipinski definition) is 2. The summed E-state index contributed by atoms with van der Waals surface area (Å²) >= 11 is 13.5. The fourth-order valence-electron chi connectivity index (χ4n) is 21.4. The zero-order chi connectivity index (χ0) is 88.4. The molecule has 8 aromatic rings. The Balaban J connectivity index is 0.000000141. The molecule has 12 aliphatic rings. The maximum atomic E-state index is 11.1. The first-order valence-corrected chi connectivity index (χ1v) is 57.9.